The van der Waals surface area contributed by atoms with Crippen molar-refractivity contribution in [3.05, 3.63) is 60.1 Å². The predicted octanol–water partition coefficient (Wildman–Crippen LogP) is 3.97. The molecule has 5 rings (SSSR count). The SMILES string of the molecule is C[C@H](Nc1cc(-c2ccc(F)cc2)nc2ccnn12)c1nc(C2CC2)no1. The van der Waals surface area contributed by atoms with Gasteiger partial charge in [-0.15, -0.1) is 0 Å². The van der Waals surface area contributed by atoms with E-state index in [1.165, 1.54) is 12.1 Å². The van der Waals surface area contributed by atoms with E-state index in [0.717, 1.165) is 35.7 Å². The second-order valence-corrected chi connectivity index (χ2v) is 6.77. The van der Waals surface area contributed by atoms with Crippen molar-refractivity contribution < 1.29 is 8.91 Å². The molecule has 3 heterocycles. The standard InChI is InChI=1S/C19H17FN6O/c1-11(19-24-18(25-27-19)13-2-3-13)22-17-10-15(12-4-6-14(20)7-5-12)23-16-8-9-21-26(16)17/h4-11,13,22H,2-3H2,1H3/t11-/m0/s1. The van der Waals surface area contributed by atoms with Gasteiger partial charge in [-0.3, -0.25) is 0 Å². The number of hydrogen-bond acceptors (Lipinski definition) is 6. The van der Waals surface area contributed by atoms with Gasteiger partial charge in [-0.25, -0.2) is 9.37 Å². The van der Waals surface area contributed by atoms with Crippen molar-refractivity contribution in [2.45, 2.75) is 31.7 Å². The Balaban J connectivity index is 1.49. The van der Waals surface area contributed by atoms with Gasteiger partial charge in [0.2, 0.25) is 5.89 Å². The third-order valence-corrected chi connectivity index (χ3v) is 4.63. The van der Waals surface area contributed by atoms with Gasteiger partial charge in [-0.1, -0.05) is 5.16 Å². The van der Waals surface area contributed by atoms with Crippen molar-refractivity contribution in [3.8, 4) is 11.3 Å². The number of aromatic nitrogens is 5. The van der Waals surface area contributed by atoms with Gasteiger partial charge in [0.05, 0.1) is 11.9 Å². The van der Waals surface area contributed by atoms with Gasteiger partial charge in [0.15, 0.2) is 11.5 Å². The summed E-state index contributed by atoms with van der Waals surface area (Å²) in [5.41, 5.74) is 2.24. The van der Waals surface area contributed by atoms with E-state index in [4.69, 9.17) is 4.52 Å². The van der Waals surface area contributed by atoms with Crippen molar-refractivity contribution >= 4 is 11.5 Å². The number of nitrogens with one attached hydrogen (secondary N) is 1. The molecular formula is C19H17FN6O. The van der Waals surface area contributed by atoms with Crippen LogP contribution < -0.4 is 5.32 Å². The minimum Gasteiger partial charge on any atom is -0.358 e. The molecule has 1 aliphatic carbocycles. The summed E-state index contributed by atoms with van der Waals surface area (Å²) in [5, 5.41) is 11.8. The molecule has 1 fully saturated rings. The zero-order chi connectivity index (χ0) is 18.4. The van der Waals surface area contributed by atoms with Gasteiger partial charge in [0.1, 0.15) is 17.7 Å². The van der Waals surface area contributed by atoms with Gasteiger partial charge >= 0.3 is 0 Å². The Morgan fingerprint density at radius 1 is 1.19 bits per heavy atom. The quantitative estimate of drug-likeness (QED) is 0.577. The average molecular weight is 364 g/mol. The Labute approximate surface area is 154 Å². The Hall–Kier alpha value is -3.29. The average Bonchev–Trinajstić information content (AvgIpc) is 3.20. The molecule has 27 heavy (non-hydrogen) atoms. The van der Waals surface area contributed by atoms with E-state index in [0.29, 0.717) is 17.5 Å². The topological polar surface area (TPSA) is 81.1 Å². The van der Waals surface area contributed by atoms with Crippen molar-refractivity contribution in [2.75, 3.05) is 5.32 Å². The molecule has 1 aliphatic rings. The first-order chi connectivity index (χ1) is 13.2. The molecule has 8 heteroatoms. The van der Waals surface area contributed by atoms with E-state index >= 15 is 0 Å². The van der Waals surface area contributed by atoms with Crippen LogP contribution in [-0.4, -0.2) is 24.7 Å². The van der Waals surface area contributed by atoms with Crippen LogP contribution in [0.5, 0.6) is 0 Å². The summed E-state index contributed by atoms with van der Waals surface area (Å²) in [6, 6.07) is 9.76. The highest BCUT2D eigenvalue weighted by Crippen LogP contribution is 2.38. The largest absolute Gasteiger partial charge is 0.358 e. The van der Waals surface area contributed by atoms with Crippen LogP contribution in [0.25, 0.3) is 16.9 Å². The zero-order valence-electron chi connectivity index (χ0n) is 14.6. The normalized spacial score (nSPS) is 15.2. The zero-order valence-corrected chi connectivity index (χ0v) is 14.6. The predicted molar refractivity (Wildman–Crippen MR) is 96.7 cm³/mol. The van der Waals surface area contributed by atoms with E-state index < -0.39 is 0 Å². The molecule has 1 atom stereocenters. The van der Waals surface area contributed by atoms with Crippen LogP contribution in [-0.2, 0) is 0 Å². The van der Waals surface area contributed by atoms with Crippen molar-refractivity contribution in [1.29, 1.82) is 0 Å². The molecule has 0 bridgehead atoms. The van der Waals surface area contributed by atoms with Crippen molar-refractivity contribution in [2.24, 2.45) is 0 Å². The summed E-state index contributed by atoms with van der Waals surface area (Å²) in [7, 11) is 0. The second-order valence-electron chi connectivity index (χ2n) is 6.77. The lowest BCUT2D eigenvalue weighted by Gasteiger charge is -2.14. The molecule has 0 aliphatic heterocycles. The first kappa shape index (κ1) is 15.9. The Kier molecular flexibility index (Phi) is 3.63. The van der Waals surface area contributed by atoms with Crippen LogP contribution in [0.2, 0.25) is 0 Å². The first-order valence-corrected chi connectivity index (χ1v) is 8.88. The number of rotatable bonds is 5. The Morgan fingerprint density at radius 2 is 2.00 bits per heavy atom. The van der Waals surface area contributed by atoms with E-state index in [9.17, 15) is 4.39 Å². The third kappa shape index (κ3) is 3.03. The van der Waals surface area contributed by atoms with Gasteiger partial charge < -0.3 is 9.84 Å². The van der Waals surface area contributed by atoms with E-state index in [1.807, 2.05) is 19.1 Å². The lowest BCUT2D eigenvalue weighted by molar-refractivity contribution is 0.362. The minimum atomic E-state index is -0.279. The highest BCUT2D eigenvalue weighted by molar-refractivity contribution is 5.66. The molecule has 0 unspecified atom stereocenters. The molecule has 0 amide bonds. The van der Waals surface area contributed by atoms with Crippen LogP contribution in [0.15, 0.2) is 47.1 Å². The van der Waals surface area contributed by atoms with E-state index in [1.54, 1.807) is 22.8 Å². The van der Waals surface area contributed by atoms with Gasteiger partial charge in [-0.2, -0.15) is 14.6 Å². The molecule has 136 valence electrons. The van der Waals surface area contributed by atoms with Crippen molar-refractivity contribution in [3.63, 3.8) is 0 Å². The monoisotopic (exact) mass is 364 g/mol. The number of fused-ring (bicyclic) bond motifs is 1. The second kappa shape index (κ2) is 6.15. The summed E-state index contributed by atoms with van der Waals surface area (Å²) in [6.45, 7) is 1.96. The summed E-state index contributed by atoms with van der Waals surface area (Å²) in [6.07, 6.45) is 3.94. The summed E-state index contributed by atoms with van der Waals surface area (Å²) >= 11 is 0. The molecule has 1 N–H and O–H groups in total. The number of nitrogens with zero attached hydrogens (tertiary/aromatic N) is 5. The molecule has 7 nitrogen and oxygen atoms in total. The van der Waals surface area contributed by atoms with Crippen LogP contribution in [0, 0.1) is 5.82 Å². The maximum atomic E-state index is 13.2. The van der Waals surface area contributed by atoms with Crippen molar-refractivity contribution in [1.82, 2.24) is 24.7 Å². The molecule has 1 aromatic carbocycles. The fraction of sp³-hybridized carbons (Fsp3) is 0.263. The van der Waals surface area contributed by atoms with E-state index in [2.05, 4.69) is 25.5 Å². The molecule has 0 radical (unpaired) electrons. The summed E-state index contributed by atoms with van der Waals surface area (Å²) in [4.78, 5) is 9.10. The number of anilines is 1. The third-order valence-electron chi connectivity index (χ3n) is 4.63. The molecule has 0 spiro atoms. The number of benzene rings is 1. The molecule has 1 saturated carbocycles. The molecule has 4 aromatic rings. The van der Waals surface area contributed by atoms with Crippen LogP contribution in [0.3, 0.4) is 0 Å². The molecular weight excluding hydrogens is 347 g/mol. The lowest BCUT2D eigenvalue weighted by Crippen LogP contribution is -2.11. The summed E-state index contributed by atoms with van der Waals surface area (Å²) < 4.78 is 20.4. The van der Waals surface area contributed by atoms with Gasteiger partial charge in [0.25, 0.3) is 0 Å². The van der Waals surface area contributed by atoms with Crippen LogP contribution >= 0.6 is 0 Å². The highest BCUT2D eigenvalue weighted by atomic mass is 19.1. The molecule has 3 aromatic heterocycles. The minimum absolute atomic E-state index is 0.194. The van der Waals surface area contributed by atoms with Crippen LogP contribution in [0.4, 0.5) is 10.2 Å². The first-order valence-electron chi connectivity index (χ1n) is 8.88. The smallest absolute Gasteiger partial charge is 0.248 e. The highest BCUT2D eigenvalue weighted by Gasteiger charge is 2.29. The number of hydrogen-bond donors (Lipinski definition) is 1. The Bertz CT molecular complexity index is 1100. The lowest BCUT2D eigenvalue weighted by atomic mass is 10.1. The van der Waals surface area contributed by atoms with Gasteiger partial charge in [0, 0.05) is 23.6 Å². The Morgan fingerprint density at radius 3 is 2.78 bits per heavy atom. The fourth-order valence-electron chi connectivity index (χ4n) is 3.00. The maximum Gasteiger partial charge on any atom is 0.248 e. The fourth-order valence-corrected chi connectivity index (χ4v) is 3.00. The number of halogens is 1. The summed E-state index contributed by atoms with van der Waals surface area (Å²) in [5.74, 6) is 2.22. The molecule has 0 saturated heterocycles. The van der Waals surface area contributed by atoms with Gasteiger partial charge in [-0.05, 0) is 44.0 Å². The van der Waals surface area contributed by atoms with E-state index in [-0.39, 0.29) is 11.9 Å². The maximum absolute atomic E-state index is 13.2. The van der Waals surface area contributed by atoms with Crippen LogP contribution in [0.1, 0.15) is 43.4 Å².